The van der Waals surface area contributed by atoms with Gasteiger partial charge >= 0.3 is 0 Å². The lowest BCUT2D eigenvalue weighted by Gasteiger charge is -2.27. The topological polar surface area (TPSA) is 26.3 Å². The highest BCUT2D eigenvalue weighted by Crippen LogP contribution is 2.39. The van der Waals surface area contributed by atoms with Gasteiger partial charge in [-0.2, -0.15) is 0 Å². The first-order valence-corrected chi connectivity index (χ1v) is 12.8. The SMILES string of the molecule is CC(C)C(CC(C)(C)C)C(=O)SCCOc1c(-c2ccccc2)cccc1-c1ccccc1. The van der Waals surface area contributed by atoms with Crippen LogP contribution in [0.25, 0.3) is 22.3 Å². The molecule has 3 heteroatoms. The van der Waals surface area contributed by atoms with Crippen molar-refractivity contribution in [2.24, 2.45) is 17.3 Å². The van der Waals surface area contributed by atoms with Crippen molar-refractivity contribution in [1.29, 1.82) is 0 Å². The highest BCUT2D eigenvalue weighted by molar-refractivity contribution is 8.13. The summed E-state index contributed by atoms with van der Waals surface area (Å²) in [5, 5.41) is 0.281. The average Bonchev–Trinajstić information content (AvgIpc) is 2.80. The third kappa shape index (κ3) is 7.23. The molecule has 0 saturated heterocycles. The third-order valence-electron chi connectivity index (χ3n) is 5.70. The van der Waals surface area contributed by atoms with Crippen molar-refractivity contribution in [2.75, 3.05) is 12.4 Å². The van der Waals surface area contributed by atoms with Crippen molar-refractivity contribution in [2.45, 2.75) is 41.0 Å². The fraction of sp³-hybridized carbons (Fsp3) is 0.367. The van der Waals surface area contributed by atoms with Crippen molar-refractivity contribution in [3.05, 3.63) is 78.9 Å². The molecule has 0 aliphatic heterocycles. The van der Waals surface area contributed by atoms with Crippen LogP contribution in [0, 0.1) is 17.3 Å². The molecule has 33 heavy (non-hydrogen) atoms. The number of rotatable bonds is 9. The van der Waals surface area contributed by atoms with E-state index >= 15 is 0 Å². The summed E-state index contributed by atoms with van der Waals surface area (Å²) < 4.78 is 6.40. The molecule has 0 amide bonds. The molecule has 0 fully saturated rings. The summed E-state index contributed by atoms with van der Waals surface area (Å²) in [7, 11) is 0. The minimum atomic E-state index is 0.0754. The molecule has 174 valence electrons. The Balaban J connectivity index is 1.77. The maximum atomic E-state index is 13.0. The monoisotopic (exact) mass is 460 g/mol. The van der Waals surface area contributed by atoms with Crippen LogP contribution in [0.1, 0.15) is 41.0 Å². The molecule has 0 saturated carbocycles. The molecule has 0 bridgehead atoms. The third-order valence-corrected chi connectivity index (χ3v) is 6.66. The summed E-state index contributed by atoms with van der Waals surface area (Å²) in [6.07, 6.45) is 0.909. The Morgan fingerprint density at radius 3 is 1.79 bits per heavy atom. The van der Waals surface area contributed by atoms with Gasteiger partial charge in [-0.1, -0.05) is 125 Å². The zero-order chi connectivity index (χ0) is 23.8. The van der Waals surface area contributed by atoms with Crippen LogP contribution >= 0.6 is 11.8 Å². The number of ether oxygens (including phenoxy) is 1. The summed E-state index contributed by atoms with van der Waals surface area (Å²) in [4.78, 5) is 13.0. The Bertz CT molecular complexity index is 962. The van der Waals surface area contributed by atoms with Gasteiger partial charge in [0.1, 0.15) is 5.75 Å². The minimum Gasteiger partial charge on any atom is -0.491 e. The molecule has 0 N–H and O–H groups in total. The Hall–Kier alpha value is -2.52. The predicted octanol–water partition coefficient (Wildman–Crippen LogP) is 8.37. The first kappa shape index (κ1) is 25.1. The molecule has 0 aliphatic carbocycles. The van der Waals surface area contributed by atoms with Crippen LogP contribution in [0.3, 0.4) is 0 Å². The van der Waals surface area contributed by atoms with Gasteiger partial charge in [-0.15, -0.1) is 0 Å². The Labute approximate surface area is 203 Å². The van der Waals surface area contributed by atoms with Crippen LogP contribution in [0.4, 0.5) is 0 Å². The van der Waals surface area contributed by atoms with Gasteiger partial charge in [0.15, 0.2) is 5.12 Å². The molecule has 0 radical (unpaired) electrons. The van der Waals surface area contributed by atoms with Crippen LogP contribution in [0.2, 0.25) is 0 Å². The molecule has 1 unspecified atom stereocenters. The summed E-state index contributed by atoms with van der Waals surface area (Å²) in [5.41, 5.74) is 4.53. The molecule has 0 heterocycles. The molecular weight excluding hydrogens is 424 g/mol. The van der Waals surface area contributed by atoms with E-state index in [9.17, 15) is 4.79 Å². The molecule has 3 rings (SSSR count). The maximum Gasteiger partial charge on any atom is 0.192 e. The Morgan fingerprint density at radius 1 is 0.818 bits per heavy atom. The summed E-state index contributed by atoms with van der Waals surface area (Å²) in [5.74, 6) is 1.93. The van der Waals surface area contributed by atoms with E-state index in [1.165, 1.54) is 11.8 Å². The molecule has 0 aliphatic rings. The Kier molecular flexibility index (Phi) is 8.80. The molecule has 3 aromatic carbocycles. The fourth-order valence-electron chi connectivity index (χ4n) is 4.03. The van der Waals surface area contributed by atoms with Crippen LogP contribution in [-0.2, 0) is 4.79 Å². The van der Waals surface area contributed by atoms with Crippen LogP contribution in [0.15, 0.2) is 78.9 Å². The summed E-state index contributed by atoms with van der Waals surface area (Å²) >= 11 is 1.41. The molecule has 1 atom stereocenters. The summed E-state index contributed by atoms with van der Waals surface area (Å²) in [6.45, 7) is 11.4. The number of carbonyl (C=O) groups is 1. The van der Waals surface area contributed by atoms with Gasteiger partial charge in [-0.25, -0.2) is 0 Å². The van der Waals surface area contributed by atoms with E-state index < -0.39 is 0 Å². The van der Waals surface area contributed by atoms with Crippen molar-refractivity contribution in [3.8, 4) is 28.0 Å². The minimum absolute atomic E-state index is 0.0754. The first-order chi connectivity index (χ1) is 15.8. The Morgan fingerprint density at radius 2 is 1.33 bits per heavy atom. The number of hydrogen-bond acceptors (Lipinski definition) is 3. The van der Waals surface area contributed by atoms with Gasteiger partial charge in [-0.05, 0) is 28.9 Å². The predicted molar refractivity (Wildman–Crippen MR) is 143 cm³/mol. The van der Waals surface area contributed by atoms with Crippen LogP contribution < -0.4 is 4.74 Å². The lowest BCUT2D eigenvalue weighted by Crippen LogP contribution is -2.24. The zero-order valence-corrected chi connectivity index (χ0v) is 21.3. The van der Waals surface area contributed by atoms with E-state index in [1.54, 1.807) is 0 Å². The van der Waals surface area contributed by atoms with Gasteiger partial charge < -0.3 is 4.74 Å². The van der Waals surface area contributed by atoms with Crippen molar-refractivity contribution in [1.82, 2.24) is 0 Å². The molecule has 2 nitrogen and oxygen atoms in total. The maximum absolute atomic E-state index is 13.0. The van der Waals surface area contributed by atoms with Gasteiger partial charge in [0.2, 0.25) is 0 Å². The van der Waals surface area contributed by atoms with E-state index in [4.69, 9.17) is 4.74 Å². The quantitative estimate of drug-likeness (QED) is 0.300. The second-order valence-electron chi connectivity index (χ2n) is 10.0. The number of hydrogen-bond donors (Lipinski definition) is 0. The number of thioether (sulfide) groups is 1. The largest absolute Gasteiger partial charge is 0.491 e. The molecule has 0 spiro atoms. The van der Waals surface area contributed by atoms with Crippen LogP contribution in [0.5, 0.6) is 5.75 Å². The number of carbonyl (C=O) groups excluding carboxylic acids is 1. The lowest BCUT2D eigenvalue weighted by atomic mass is 9.80. The van der Waals surface area contributed by atoms with E-state index in [0.717, 1.165) is 34.4 Å². The van der Waals surface area contributed by atoms with E-state index in [2.05, 4.69) is 77.1 Å². The van der Waals surface area contributed by atoms with E-state index in [0.29, 0.717) is 18.3 Å². The second-order valence-corrected chi connectivity index (χ2v) is 11.1. The first-order valence-electron chi connectivity index (χ1n) is 11.8. The average molecular weight is 461 g/mol. The lowest BCUT2D eigenvalue weighted by molar-refractivity contribution is -0.116. The zero-order valence-electron chi connectivity index (χ0n) is 20.5. The standard InChI is InChI=1S/C30H36O2S/c1-22(2)27(21-30(3,4)5)29(31)33-20-19-32-28-25(23-13-8-6-9-14-23)17-12-18-26(28)24-15-10-7-11-16-24/h6-18,22,27H,19-21H2,1-5H3. The highest BCUT2D eigenvalue weighted by Gasteiger charge is 2.27. The van der Waals surface area contributed by atoms with Gasteiger partial charge in [-0.3, -0.25) is 4.79 Å². The molecule has 0 aromatic heterocycles. The van der Waals surface area contributed by atoms with Crippen molar-refractivity contribution < 1.29 is 9.53 Å². The summed E-state index contributed by atoms with van der Waals surface area (Å²) in [6, 6.07) is 26.9. The van der Waals surface area contributed by atoms with E-state index in [-0.39, 0.29) is 16.4 Å². The smallest absolute Gasteiger partial charge is 0.192 e. The second kappa shape index (κ2) is 11.6. The normalized spacial score (nSPS) is 12.5. The van der Waals surface area contributed by atoms with Gasteiger partial charge in [0.25, 0.3) is 0 Å². The highest BCUT2D eigenvalue weighted by atomic mass is 32.2. The molecular formula is C30H36O2S. The van der Waals surface area contributed by atoms with Crippen molar-refractivity contribution >= 4 is 16.9 Å². The number of para-hydroxylation sites is 1. The fourth-order valence-corrected chi connectivity index (χ4v) is 4.96. The van der Waals surface area contributed by atoms with Crippen molar-refractivity contribution in [3.63, 3.8) is 0 Å². The van der Waals surface area contributed by atoms with Gasteiger partial charge in [0.05, 0.1) is 6.61 Å². The van der Waals surface area contributed by atoms with Gasteiger partial charge in [0, 0.05) is 22.8 Å². The molecule has 3 aromatic rings. The number of benzene rings is 3. The van der Waals surface area contributed by atoms with E-state index in [1.807, 2.05) is 36.4 Å². The van der Waals surface area contributed by atoms with Crippen LogP contribution in [-0.4, -0.2) is 17.5 Å².